The SMILES string of the molecule is CSc1ccc(CNC(=O)c2nnn(-c3ccccc3Cl)c2-c2ccncc2)cc1. The summed E-state index contributed by atoms with van der Waals surface area (Å²) in [6.45, 7) is 0.391. The molecule has 6 nitrogen and oxygen atoms in total. The Bertz CT molecular complexity index is 1160. The van der Waals surface area contributed by atoms with Crippen LogP contribution >= 0.6 is 23.4 Å². The van der Waals surface area contributed by atoms with Crippen molar-refractivity contribution in [3.8, 4) is 16.9 Å². The van der Waals surface area contributed by atoms with Gasteiger partial charge in [0.2, 0.25) is 0 Å². The molecule has 30 heavy (non-hydrogen) atoms. The third-order valence-electron chi connectivity index (χ3n) is 4.53. The predicted molar refractivity (Wildman–Crippen MR) is 119 cm³/mol. The highest BCUT2D eigenvalue weighted by Crippen LogP contribution is 2.28. The molecule has 0 unspecified atom stereocenters. The topological polar surface area (TPSA) is 72.7 Å². The van der Waals surface area contributed by atoms with E-state index in [-0.39, 0.29) is 11.6 Å². The number of nitrogens with zero attached hydrogens (tertiary/aromatic N) is 4. The minimum atomic E-state index is -0.311. The maximum atomic E-state index is 13.0. The molecule has 1 amide bonds. The summed E-state index contributed by atoms with van der Waals surface area (Å²) in [5.41, 5.74) is 3.20. The highest BCUT2D eigenvalue weighted by molar-refractivity contribution is 7.98. The lowest BCUT2D eigenvalue weighted by atomic mass is 10.1. The van der Waals surface area contributed by atoms with Gasteiger partial charge in [-0.3, -0.25) is 9.78 Å². The third kappa shape index (κ3) is 4.22. The van der Waals surface area contributed by atoms with Gasteiger partial charge in [0, 0.05) is 29.4 Å². The molecule has 0 fully saturated rings. The van der Waals surface area contributed by atoms with E-state index in [1.165, 1.54) is 4.90 Å². The first-order chi connectivity index (χ1) is 14.7. The Kier molecular flexibility index (Phi) is 6.11. The molecule has 0 atom stereocenters. The van der Waals surface area contributed by atoms with Crippen molar-refractivity contribution >= 4 is 29.3 Å². The highest BCUT2D eigenvalue weighted by atomic mass is 35.5. The Morgan fingerprint density at radius 2 is 1.80 bits per heavy atom. The molecule has 1 N–H and O–H groups in total. The predicted octanol–water partition coefficient (Wildman–Crippen LogP) is 4.63. The summed E-state index contributed by atoms with van der Waals surface area (Å²) in [6.07, 6.45) is 5.35. The van der Waals surface area contributed by atoms with Gasteiger partial charge in [-0.2, -0.15) is 0 Å². The molecule has 0 aliphatic carbocycles. The van der Waals surface area contributed by atoms with Crippen molar-refractivity contribution in [1.82, 2.24) is 25.3 Å². The van der Waals surface area contributed by atoms with E-state index in [0.29, 0.717) is 22.9 Å². The number of aromatic nitrogens is 4. The summed E-state index contributed by atoms with van der Waals surface area (Å²) < 4.78 is 1.58. The number of para-hydroxylation sites is 1. The summed E-state index contributed by atoms with van der Waals surface area (Å²) in [6, 6.07) is 19.0. The van der Waals surface area contributed by atoms with Crippen molar-refractivity contribution in [2.75, 3.05) is 6.26 Å². The van der Waals surface area contributed by atoms with E-state index in [1.54, 1.807) is 34.9 Å². The number of pyridine rings is 1. The lowest BCUT2D eigenvalue weighted by Crippen LogP contribution is -2.24. The quantitative estimate of drug-likeness (QED) is 0.447. The van der Waals surface area contributed by atoms with Crippen LogP contribution in [0, 0.1) is 0 Å². The molecule has 0 spiro atoms. The zero-order valence-corrected chi connectivity index (χ0v) is 17.7. The lowest BCUT2D eigenvalue weighted by molar-refractivity contribution is 0.0946. The number of carbonyl (C=O) groups is 1. The molecule has 2 aromatic heterocycles. The first-order valence-electron chi connectivity index (χ1n) is 9.19. The minimum Gasteiger partial charge on any atom is -0.346 e. The van der Waals surface area contributed by atoms with E-state index < -0.39 is 0 Å². The lowest BCUT2D eigenvalue weighted by Gasteiger charge is -2.10. The van der Waals surface area contributed by atoms with Crippen LogP contribution in [0.4, 0.5) is 0 Å². The average molecular weight is 436 g/mol. The van der Waals surface area contributed by atoms with Crippen LogP contribution in [0.1, 0.15) is 16.1 Å². The zero-order valence-electron chi connectivity index (χ0n) is 16.1. The Balaban J connectivity index is 1.67. The van der Waals surface area contributed by atoms with Gasteiger partial charge >= 0.3 is 0 Å². The van der Waals surface area contributed by atoms with Crippen LogP contribution in [-0.4, -0.2) is 32.1 Å². The van der Waals surface area contributed by atoms with Crippen LogP contribution in [0.3, 0.4) is 0 Å². The van der Waals surface area contributed by atoms with E-state index >= 15 is 0 Å². The van der Waals surface area contributed by atoms with Crippen LogP contribution in [-0.2, 0) is 6.54 Å². The fourth-order valence-corrected chi connectivity index (χ4v) is 3.63. The van der Waals surface area contributed by atoms with Crippen LogP contribution in [0.5, 0.6) is 0 Å². The largest absolute Gasteiger partial charge is 0.346 e. The van der Waals surface area contributed by atoms with Gasteiger partial charge in [-0.25, -0.2) is 4.68 Å². The highest BCUT2D eigenvalue weighted by Gasteiger charge is 2.23. The molecule has 0 aliphatic rings. The number of rotatable bonds is 6. The number of carbonyl (C=O) groups excluding carboxylic acids is 1. The van der Waals surface area contributed by atoms with Crippen LogP contribution in [0.25, 0.3) is 16.9 Å². The fraction of sp³-hybridized carbons (Fsp3) is 0.0909. The molecular formula is C22H18ClN5OS. The molecule has 0 aliphatic heterocycles. The smallest absolute Gasteiger partial charge is 0.274 e. The van der Waals surface area contributed by atoms with Crippen molar-refractivity contribution in [3.63, 3.8) is 0 Å². The second-order valence-corrected chi connectivity index (χ2v) is 7.70. The standard InChI is InChI=1S/C22H18ClN5OS/c1-30-17-8-6-15(7-9-17)14-25-22(29)20-21(16-10-12-24-13-11-16)28(27-26-20)19-5-3-2-4-18(19)23/h2-13H,14H2,1H3,(H,25,29). The molecule has 0 radical (unpaired) electrons. The Labute approximate surface area is 183 Å². The number of benzene rings is 2. The van der Waals surface area contributed by atoms with E-state index in [0.717, 1.165) is 11.1 Å². The molecule has 0 bridgehead atoms. The van der Waals surface area contributed by atoms with Crippen LogP contribution < -0.4 is 5.32 Å². The van der Waals surface area contributed by atoms with Gasteiger partial charge in [0.05, 0.1) is 10.7 Å². The van der Waals surface area contributed by atoms with Gasteiger partial charge in [0.1, 0.15) is 5.69 Å². The van der Waals surface area contributed by atoms with Gasteiger partial charge in [-0.15, -0.1) is 16.9 Å². The molecule has 4 aromatic rings. The van der Waals surface area contributed by atoms with Crippen molar-refractivity contribution in [2.45, 2.75) is 11.4 Å². The number of amides is 1. The summed E-state index contributed by atoms with van der Waals surface area (Å²) in [4.78, 5) is 18.2. The fourth-order valence-electron chi connectivity index (χ4n) is 3.01. The normalized spacial score (nSPS) is 10.7. The Morgan fingerprint density at radius 3 is 2.50 bits per heavy atom. The van der Waals surface area contributed by atoms with Crippen LogP contribution in [0.15, 0.2) is 78.0 Å². The monoisotopic (exact) mass is 435 g/mol. The molecule has 2 aromatic carbocycles. The Morgan fingerprint density at radius 1 is 1.07 bits per heavy atom. The van der Waals surface area contributed by atoms with Crippen molar-refractivity contribution in [1.29, 1.82) is 0 Å². The first-order valence-corrected chi connectivity index (χ1v) is 10.8. The van der Waals surface area contributed by atoms with E-state index in [2.05, 4.69) is 20.6 Å². The summed E-state index contributed by atoms with van der Waals surface area (Å²) in [7, 11) is 0. The van der Waals surface area contributed by atoms with Gasteiger partial charge in [-0.1, -0.05) is 41.1 Å². The maximum absolute atomic E-state index is 13.0. The number of hydrogen-bond acceptors (Lipinski definition) is 5. The Hall–Kier alpha value is -3.16. The molecular weight excluding hydrogens is 418 g/mol. The number of halogens is 1. The zero-order chi connectivity index (χ0) is 20.9. The molecule has 8 heteroatoms. The van der Waals surface area contributed by atoms with Crippen molar-refractivity contribution < 1.29 is 4.79 Å². The molecule has 4 rings (SSSR count). The van der Waals surface area contributed by atoms with Crippen LogP contribution in [0.2, 0.25) is 5.02 Å². The minimum absolute atomic E-state index is 0.224. The molecule has 150 valence electrons. The summed E-state index contributed by atoms with van der Waals surface area (Å²) >= 11 is 8.05. The maximum Gasteiger partial charge on any atom is 0.274 e. The van der Waals surface area contributed by atoms with Gasteiger partial charge in [0.15, 0.2) is 5.69 Å². The van der Waals surface area contributed by atoms with Gasteiger partial charge in [0.25, 0.3) is 5.91 Å². The summed E-state index contributed by atoms with van der Waals surface area (Å²) in [5.74, 6) is -0.311. The van der Waals surface area contributed by atoms with Crippen molar-refractivity contribution in [2.24, 2.45) is 0 Å². The van der Waals surface area contributed by atoms with Gasteiger partial charge < -0.3 is 5.32 Å². The molecule has 0 saturated carbocycles. The van der Waals surface area contributed by atoms with E-state index in [9.17, 15) is 4.79 Å². The molecule has 2 heterocycles. The van der Waals surface area contributed by atoms with E-state index in [4.69, 9.17) is 11.6 Å². The second-order valence-electron chi connectivity index (χ2n) is 6.42. The number of nitrogens with one attached hydrogen (secondary N) is 1. The first kappa shape index (κ1) is 20.1. The molecule has 0 saturated heterocycles. The number of thioether (sulfide) groups is 1. The van der Waals surface area contributed by atoms with Gasteiger partial charge in [-0.05, 0) is 48.2 Å². The van der Waals surface area contributed by atoms with E-state index in [1.807, 2.05) is 60.9 Å². The summed E-state index contributed by atoms with van der Waals surface area (Å²) in [5, 5.41) is 11.8. The third-order valence-corrected chi connectivity index (χ3v) is 5.60. The second kappa shape index (κ2) is 9.11. The van der Waals surface area contributed by atoms with Crippen molar-refractivity contribution in [3.05, 3.63) is 89.3 Å². The average Bonchev–Trinajstić information content (AvgIpc) is 3.24. The number of hydrogen-bond donors (Lipinski definition) is 1.